The monoisotopic (exact) mass is 466 g/mol. The molecule has 2 N–H and O–H groups in total. The lowest BCUT2D eigenvalue weighted by molar-refractivity contribution is -0.114. The van der Waals surface area contributed by atoms with Gasteiger partial charge >= 0.3 is 0 Å². The molecule has 1 fully saturated rings. The molecule has 2 aromatic rings. The fourth-order valence-corrected chi connectivity index (χ4v) is 5.58. The molecule has 1 saturated heterocycles. The predicted molar refractivity (Wildman–Crippen MR) is 117 cm³/mol. The zero-order valence-corrected chi connectivity index (χ0v) is 19.0. The maximum absolute atomic E-state index is 12.8. The van der Waals surface area contributed by atoms with Crippen LogP contribution in [-0.4, -0.2) is 65.2 Å². The lowest BCUT2D eigenvalue weighted by Crippen LogP contribution is -2.47. The molecule has 0 aromatic heterocycles. The normalized spacial score (nSPS) is 16.2. The summed E-state index contributed by atoms with van der Waals surface area (Å²) in [5, 5.41) is 2.58. The van der Waals surface area contributed by atoms with Gasteiger partial charge in [0.15, 0.2) is 0 Å². The summed E-state index contributed by atoms with van der Waals surface area (Å²) in [7, 11) is -5.37. The summed E-state index contributed by atoms with van der Waals surface area (Å²) < 4.78 is 54.5. The summed E-state index contributed by atoms with van der Waals surface area (Å²) in [6.45, 7) is 3.65. The third-order valence-electron chi connectivity index (χ3n) is 4.97. The number of hydrogen-bond donors (Lipinski definition) is 2. The fraction of sp³-hybridized carbons (Fsp3) is 0.350. The minimum absolute atomic E-state index is 0.0185. The van der Waals surface area contributed by atoms with Gasteiger partial charge in [-0.15, -0.1) is 0 Å². The second-order valence-corrected chi connectivity index (χ2v) is 11.1. The molecule has 31 heavy (non-hydrogen) atoms. The highest BCUT2D eigenvalue weighted by Crippen LogP contribution is 2.19. The van der Waals surface area contributed by atoms with Crippen molar-refractivity contribution < 1.29 is 21.6 Å². The average molecular weight is 467 g/mol. The molecule has 9 nitrogen and oxygen atoms in total. The number of carbonyl (C=O) groups is 1. The number of nitrogens with zero attached hydrogens (tertiary/aromatic N) is 2. The lowest BCUT2D eigenvalue weighted by Gasteiger charge is -2.31. The minimum Gasteiger partial charge on any atom is -0.326 e. The molecule has 0 atom stereocenters. The van der Waals surface area contributed by atoms with Crippen LogP contribution in [-0.2, 0) is 31.4 Å². The largest absolute Gasteiger partial charge is 0.326 e. The number of anilines is 1. The van der Waals surface area contributed by atoms with Crippen LogP contribution in [0.25, 0.3) is 0 Å². The van der Waals surface area contributed by atoms with Gasteiger partial charge in [0.25, 0.3) is 0 Å². The second kappa shape index (κ2) is 9.45. The first-order valence-electron chi connectivity index (χ1n) is 9.73. The third-order valence-corrected chi connectivity index (χ3v) is 8.30. The Morgan fingerprint density at radius 1 is 0.871 bits per heavy atom. The van der Waals surface area contributed by atoms with E-state index in [4.69, 9.17) is 0 Å². The molecular formula is C20H26N4O5S2. The minimum atomic E-state index is -3.76. The smallest absolute Gasteiger partial charge is 0.243 e. The van der Waals surface area contributed by atoms with Gasteiger partial charge in [-0.05, 0) is 49.0 Å². The summed E-state index contributed by atoms with van der Waals surface area (Å²) in [4.78, 5) is 13.4. The Labute approximate surface area is 183 Å². The van der Waals surface area contributed by atoms with Crippen LogP contribution in [0.1, 0.15) is 12.5 Å². The van der Waals surface area contributed by atoms with Gasteiger partial charge in [-0.1, -0.05) is 12.1 Å². The van der Waals surface area contributed by atoms with Crippen molar-refractivity contribution in [3.05, 3.63) is 54.1 Å². The molecule has 1 heterocycles. The molecular weight excluding hydrogens is 440 g/mol. The van der Waals surface area contributed by atoms with Gasteiger partial charge < -0.3 is 10.2 Å². The SMILES string of the molecule is CC(=O)Nc1ccc(S(=O)(=O)NCc2ccc(S(=O)(=O)N3CCN(C)CC3)cc2)cc1. The van der Waals surface area contributed by atoms with E-state index < -0.39 is 20.0 Å². The Morgan fingerprint density at radius 3 is 1.97 bits per heavy atom. The molecule has 1 aliphatic heterocycles. The topological polar surface area (TPSA) is 116 Å². The van der Waals surface area contributed by atoms with Crippen LogP contribution in [0.4, 0.5) is 5.69 Å². The lowest BCUT2D eigenvalue weighted by atomic mass is 10.2. The van der Waals surface area contributed by atoms with Crippen molar-refractivity contribution in [3.63, 3.8) is 0 Å². The Balaban J connectivity index is 1.64. The van der Waals surface area contributed by atoms with Gasteiger partial charge in [0.1, 0.15) is 0 Å². The van der Waals surface area contributed by atoms with Crippen molar-refractivity contribution in [1.29, 1.82) is 0 Å². The number of nitrogens with one attached hydrogen (secondary N) is 2. The Kier molecular flexibility index (Phi) is 7.12. The van der Waals surface area contributed by atoms with Crippen molar-refractivity contribution in [2.75, 3.05) is 38.5 Å². The van der Waals surface area contributed by atoms with Gasteiger partial charge in [0, 0.05) is 45.3 Å². The average Bonchev–Trinajstić information content (AvgIpc) is 2.73. The first-order chi connectivity index (χ1) is 14.6. The molecule has 1 aliphatic rings. The van der Waals surface area contributed by atoms with Crippen LogP contribution in [0.3, 0.4) is 0 Å². The van der Waals surface area contributed by atoms with Gasteiger partial charge in [0.2, 0.25) is 26.0 Å². The van der Waals surface area contributed by atoms with E-state index >= 15 is 0 Å². The van der Waals surface area contributed by atoms with Crippen LogP contribution in [0.15, 0.2) is 58.3 Å². The highest BCUT2D eigenvalue weighted by atomic mass is 32.2. The van der Waals surface area contributed by atoms with Crippen LogP contribution in [0.2, 0.25) is 0 Å². The van der Waals surface area contributed by atoms with Crippen molar-refractivity contribution in [3.8, 4) is 0 Å². The van der Waals surface area contributed by atoms with Crippen molar-refractivity contribution >= 4 is 31.6 Å². The van der Waals surface area contributed by atoms with Crippen molar-refractivity contribution in [2.45, 2.75) is 23.3 Å². The van der Waals surface area contributed by atoms with E-state index in [0.717, 1.165) is 0 Å². The van der Waals surface area contributed by atoms with Gasteiger partial charge in [0.05, 0.1) is 9.79 Å². The van der Waals surface area contributed by atoms with E-state index in [1.54, 1.807) is 12.1 Å². The Bertz CT molecular complexity index is 1120. The van der Waals surface area contributed by atoms with Gasteiger partial charge in [-0.2, -0.15) is 4.31 Å². The predicted octanol–water partition coefficient (Wildman–Crippen LogP) is 1.06. The zero-order valence-electron chi connectivity index (χ0n) is 17.4. The van der Waals surface area contributed by atoms with Crippen LogP contribution in [0, 0.1) is 0 Å². The number of piperazine rings is 1. The van der Waals surface area contributed by atoms with E-state index in [1.165, 1.54) is 47.6 Å². The number of likely N-dealkylation sites (N-methyl/N-ethyl adjacent to an activating group) is 1. The first-order valence-corrected chi connectivity index (χ1v) is 12.7. The van der Waals surface area contributed by atoms with Crippen molar-refractivity contribution in [2.24, 2.45) is 0 Å². The standard InChI is InChI=1S/C20H26N4O5S2/c1-16(25)22-18-5-9-19(10-6-18)30(26,27)21-15-17-3-7-20(8-4-17)31(28,29)24-13-11-23(2)12-14-24/h3-10,21H,11-15H2,1-2H3,(H,22,25). The molecule has 168 valence electrons. The molecule has 11 heteroatoms. The van der Waals surface area contributed by atoms with E-state index in [9.17, 15) is 21.6 Å². The van der Waals surface area contributed by atoms with E-state index in [2.05, 4.69) is 14.9 Å². The quantitative estimate of drug-likeness (QED) is 0.630. The fourth-order valence-electron chi connectivity index (χ4n) is 3.14. The zero-order chi connectivity index (χ0) is 22.6. The molecule has 1 amide bonds. The second-order valence-electron chi connectivity index (χ2n) is 7.38. The number of sulfonamides is 2. The highest BCUT2D eigenvalue weighted by molar-refractivity contribution is 7.89. The van der Waals surface area contributed by atoms with Crippen molar-refractivity contribution in [1.82, 2.24) is 13.9 Å². The van der Waals surface area contributed by atoms with Gasteiger partial charge in [-0.3, -0.25) is 4.79 Å². The van der Waals surface area contributed by atoms with Gasteiger partial charge in [-0.25, -0.2) is 21.6 Å². The summed E-state index contributed by atoms with van der Waals surface area (Å²) in [5.74, 6) is -0.244. The number of benzene rings is 2. The van der Waals surface area contributed by atoms with E-state index in [0.29, 0.717) is 37.4 Å². The van der Waals surface area contributed by atoms with E-state index in [-0.39, 0.29) is 22.2 Å². The molecule has 3 rings (SSSR count). The molecule has 0 saturated carbocycles. The summed E-state index contributed by atoms with van der Waals surface area (Å²) >= 11 is 0. The number of hydrogen-bond acceptors (Lipinski definition) is 6. The summed E-state index contributed by atoms with van der Waals surface area (Å²) in [6.07, 6.45) is 0. The molecule has 0 spiro atoms. The van der Waals surface area contributed by atoms with Crippen LogP contribution < -0.4 is 10.0 Å². The third kappa shape index (κ3) is 5.89. The molecule has 0 unspecified atom stereocenters. The Morgan fingerprint density at radius 2 is 1.42 bits per heavy atom. The molecule has 0 bridgehead atoms. The highest BCUT2D eigenvalue weighted by Gasteiger charge is 2.27. The van der Waals surface area contributed by atoms with Crippen LogP contribution in [0.5, 0.6) is 0 Å². The number of carbonyl (C=O) groups excluding carboxylic acids is 1. The molecule has 0 radical (unpaired) electrons. The molecule has 2 aromatic carbocycles. The Hall–Kier alpha value is -2.31. The summed E-state index contributed by atoms with van der Waals surface area (Å²) in [5.41, 5.74) is 1.14. The van der Waals surface area contributed by atoms with E-state index in [1.807, 2.05) is 7.05 Å². The maximum atomic E-state index is 12.8. The summed E-state index contributed by atoms with van der Waals surface area (Å²) in [6, 6.07) is 12.0. The maximum Gasteiger partial charge on any atom is 0.243 e. The molecule has 0 aliphatic carbocycles. The number of amides is 1. The number of rotatable bonds is 7. The first kappa shape index (κ1) is 23.4. The van der Waals surface area contributed by atoms with Crippen LogP contribution >= 0.6 is 0 Å².